The molecule has 4 heteroatoms. The van der Waals surface area contributed by atoms with Crippen LogP contribution in [0.4, 0.5) is 11.4 Å². The lowest BCUT2D eigenvalue weighted by atomic mass is 9.95. The standard InChI is InChI=1S/C32H32N2O2/c1-19-7-9-25(15-21(19)3)31(35)33-27-11-13-29(23(5)17-27)30-14-12-28(18-24(30)6)34-32(36)26-10-8-20(2)22(4)16-26/h7-18H,1-6H3,(H,33,35)(H,34,36). The molecule has 0 atom stereocenters. The van der Waals surface area contributed by atoms with Gasteiger partial charge in [-0.3, -0.25) is 9.59 Å². The van der Waals surface area contributed by atoms with Crippen LogP contribution in [0.3, 0.4) is 0 Å². The third-order valence-electron chi connectivity index (χ3n) is 6.80. The van der Waals surface area contributed by atoms with Crippen molar-refractivity contribution in [3.05, 3.63) is 117 Å². The van der Waals surface area contributed by atoms with Gasteiger partial charge in [-0.1, -0.05) is 24.3 Å². The van der Waals surface area contributed by atoms with E-state index in [9.17, 15) is 9.59 Å². The number of nitrogens with one attached hydrogen (secondary N) is 2. The SMILES string of the molecule is Cc1ccc(C(=O)Nc2ccc(-c3ccc(NC(=O)c4ccc(C)c(C)c4)cc3C)c(C)c2)cc1C. The van der Waals surface area contributed by atoms with Crippen LogP contribution in [0.25, 0.3) is 11.1 Å². The monoisotopic (exact) mass is 476 g/mol. The van der Waals surface area contributed by atoms with Gasteiger partial charge in [-0.2, -0.15) is 0 Å². The normalized spacial score (nSPS) is 10.7. The highest BCUT2D eigenvalue weighted by molar-refractivity contribution is 6.05. The summed E-state index contributed by atoms with van der Waals surface area (Å²) in [5.41, 5.74) is 11.6. The zero-order valence-corrected chi connectivity index (χ0v) is 21.7. The van der Waals surface area contributed by atoms with Gasteiger partial charge in [-0.05, 0) is 135 Å². The summed E-state index contributed by atoms with van der Waals surface area (Å²) in [6.07, 6.45) is 0. The molecule has 0 aromatic heterocycles. The van der Waals surface area contributed by atoms with Crippen molar-refractivity contribution in [3.63, 3.8) is 0 Å². The van der Waals surface area contributed by atoms with Crippen LogP contribution in [0.15, 0.2) is 72.8 Å². The third kappa shape index (κ3) is 5.38. The molecule has 4 aromatic carbocycles. The van der Waals surface area contributed by atoms with E-state index in [4.69, 9.17) is 0 Å². The van der Waals surface area contributed by atoms with Crippen LogP contribution >= 0.6 is 0 Å². The molecule has 0 spiro atoms. The summed E-state index contributed by atoms with van der Waals surface area (Å²) >= 11 is 0. The van der Waals surface area contributed by atoms with Crippen LogP contribution in [0.1, 0.15) is 54.1 Å². The topological polar surface area (TPSA) is 58.2 Å². The van der Waals surface area contributed by atoms with Gasteiger partial charge >= 0.3 is 0 Å². The Morgan fingerprint density at radius 1 is 0.444 bits per heavy atom. The number of amides is 2. The minimum atomic E-state index is -0.120. The zero-order chi connectivity index (χ0) is 26.0. The molecule has 0 bridgehead atoms. The van der Waals surface area contributed by atoms with Gasteiger partial charge < -0.3 is 10.6 Å². The third-order valence-corrected chi connectivity index (χ3v) is 6.80. The summed E-state index contributed by atoms with van der Waals surface area (Å²) in [4.78, 5) is 25.4. The highest BCUT2D eigenvalue weighted by Gasteiger charge is 2.12. The molecule has 0 saturated carbocycles. The summed E-state index contributed by atoms with van der Waals surface area (Å²) in [6.45, 7) is 12.2. The quantitative estimate of drug-likeness (QED) is 0.310. The van der Waals surface area contributed by atoms with Crippen LogP contribution < -0.4 is 10.6 Å². The van der Waals surface area contributed by atoms with E-state index in [1.54, 1.807) is 0 Å². The highest BCUT2D eigenvalue weighted by atomic mass is 16.2. The van der Waals surface area contributed by atoms with Crippen LogP contribution in [-0.2, 0) is 0 Å². The fourth-order valence-electron chi connectivity index (χ4n) is 4.26. The molecule has 0 radical (unpaired) electrons. The molecule has 2 amide bonds. The summed E-state index contributed by atoms with van der Waals surface area (Å²) in [6, 6.07) is 23.3. The van der Waals surface area contributed by atoms with Crippen molar-refractivity contribution >= 4 is 23.2 Å². The van der Waals surface area contributed by atoms with E-state index in [1.165, 1.54) is 0 Å². The molecule has 4 rings (SSSR count). The Morgan fingerprint density at radius 3 is 1.17 bits per heavy atom. The van der Waals surface area contributed by atoms with Crippen LogP contribution in [0, 0.1) is 41.5 Å². The van der Waals surface area contributed by atoms with Crippen LogP contribution in [-0.4, -0.2) is 11.8 Å². The molecule has 4 nitrogen and oxygen atoms in total. The van der Waals surface area contributed by atoms with Gasteiger partial charge in [0.05, 0.1) is 0 Å². The van der Waals surface area contributed by atoms with Crippen molar-refractivity contribution < 1.29 is 9.59 Å². The van der Waals surface area contributed by atoms with Gasteiger partial charge in [0, 0.05) is 22.5 Å². The van der Waals surface area contributed by atoms with Crippen molar-refractivity contribution in [1.82, 2.24) is 0 Å². The predicted octanol–water partition coefficient (Wildman–Crippen LogP) is 7.71. The first-order valence-electron chi connectivity index (χ1n) is 12.1. The van der Waals surface area contributed by atoms with Crippen molar-refractivity contribution in [2.75, 3.05) is 10.6 Å². The molecule has 0 fully saturated rings. The Kier molecular flexibility index (Phi) is 7.07. The van der Waals surface area contributed by atoms with Gasteiger partial charge in [0.2, 0.25) is 0 Å². The number of carbonyl (C=O) groups is 2. The largest absolute Gasteiger partial charge is 0.322 e. The average Bonchev–Trinajstić information content (AvgIpc) is 2.83. The number of carbonyl (C=O) groups excluding carboxylic acids is 2. The molecular formula is C32H32N2O2. The Hall–Kier alpha value is -4.18. The first-order valence-corrected chi connectivity index (χ1v) is 12.1. The molecule has 0 aliphatic rings. The van der Waals surface area contributed by atoms with Crippen molar-refractivity contribution in [2.24, 2.45) is 0 Å². The van der Waals surface area contributed by atoms with E-state index in [0.29, 0.717) is 11.1 Å². The van der Waals surface area contributed by atoms with E-state index in [-0.39, 0.29) is 11.8 Å². The zero-order valence-electron chi connectivity index (χ0n) is 21.7. The lowest BCUT2D eigenvalue weighted by Crippen LogP contribution is -2.12. The molecule has 182 valence electrons. The second-order valence-corrected chi connectivity index (χ2v) is 9.57. The number of hydrogen-bond acceptors (Lipinski definition) is 2. The molecule has 0 aliphatic heterocycles. The molecule has 2 N–H and O–H groups in total. The van der Waals surface area contributed by atoms with Crippen LogP contribution in [0.2, 0.25) is 0 Å². The highest BCUT2D eigenvalue weighted by Crippen LogP contribution is 2.31. The maximum absolute atomic E-state index is 12.7. The van der Waals surface area contributed by atoms with E-state index in [0.717, 1.165) is 55.9 Å². The lowest BCUT2D eigenvalue weighted by molar-refractivity contribution is 0.101. The van der Waals surface area contributed by atoms with Gasteiger partial charge in [0.25, 0.3) is 11.8 Å². The second-order valence-electron chi connectivity index (χ2n) is 9.57. The second kappa shape index (κ2) is 10.2. The van der Waals surface area contributed by atoms with Crippen molar-refractivity contribution in [1.29, 1.82) is 0 Å². The Bertz CT molecular complexity index is 1370. The van der Waals surface area contributed by atoms with Gasteiger partial charge in [0.1, 0.15) is 0 Å². The Morgan fingerprint density at radius 2 is 0.833 bits per heavy atom. The van der Waals surface area contributed by atoms with Gasteiger partial charge in [0.15, 0.2) is 0 Å². The molecule has 0 aliphatic carbocycles. The summed E-state index contributed by atoms with van der Waals surface area (Å²) < 4.78 is 0. The fraction of sp³-hybridized carbons (Fsp3) is 0.188. The smallest absolute Gasteiger partial charge is 0.255 e. The summed E-state index contributed by atoms with van der Waals surface area (Å²) in [5, 5.41) is 6.01. The number of benzene rings is 4. The molecular weight excluding hydrogens is 444 g/mol. The maximum atomic E-state index is 12.7. The predicted molar refractivity (Wildman–Crippen MR) is 149 cm³/mol. The number of anilines is 2. The average molecular weight is 477 g/mol. The molecule has 4 aromatic rings. The molecule has 0 saturated heterocycles. The lowest BCUT2D eigenvalue weighted by Gasteiger charge is -2.14. The van der Waals surface area contributed by atoms with E-state index < -0.39 is 0 Å². The Balaban J connectivity index is 1.50. The first kappa shape index (κ1) is 24.9. The first-order chi connectivity index (χ1) is 17.1. The van der Waals surface area contributed by atoms with Crippen molar-refractivity contribution in [3.8, 4) is 11.1 Å². The van der Waals surface area contributed by atoms with Gasteiger partial charge in [-0.25, -0.2) is 0 Å². The Labute approximate surface area is 213 Å². The van der Waals surface area contributed by atoms with E-state index in [2.05, 4.69) is 10.6 Å². The number of hydrogen-bond donors (Lipinski definition) is 2. The van der Waals surface area contributed by atoms with Crippen molar-refractivity contribution in [2.45, 2.75) is 41.5 Å². The molecule has 36 heavy (non-hydrogen) atoms. The number of rotatable bonds is 5. The minimum absolute atomic E-state index is 0.120. The maximum Gasteiger partial charge on any atom is 0.255 e. The number of aryl methyl sites for hydroxylation is 6. The van der Waals surface area contributed by atoms with E-state index in [1.807, 2.05) is 114 Å². The summed E-state index contributed by atoms with van der Waals surface area (Å²) in [5.74, 6) is -0.240. The summed E-state index contributed by atoms with van der Waals surface area (Å²) in [7, 11) is 0. The van der Waals surface area contributed by atoms with Gasteiger partial charge in [-0.15, -0.1) is 0 Å². The fourth-order valence-corrected chi connectivity index (χ4v) is 4.26. The minimum Gasteiger partial charge on any atom is -0.322 e. The molecule has 0 unspecified atom stereocenters. The van der Waals surface area contributed by atoms with E-state index >= 15 is 0 Å². The molecule has 0 heterocycles. The van der Waals surface area contributed by atoms with Crippen LogP contribution in [0.5, 0.6) is 0 Å².